The third kappa shape index (κ3) is 2.13. The van der Waals surface area contributed by atoms with E-state index in [0.29, 0.717) is 18.1 Å². The number of aromatic nitrogens is 2. The predicted octanol–water partition coefficient (Wildman–Crippen LogP) is -0.163. The third-order valence-corrected chi connectivity index (χ3v) is 1.49. The molecule has 1 aromatic heterocycles. The molecule has 12 heavy (non-hydrogen) atoms. The van der Waals surface area contributed by atoms with Crippen molar-refractivity contribution in [1.82, 2.24) is 10.1 Å². The molecular formula is C7H11N3O2. The molecule has 5 heteroatoms. The SMILES string of the molecule is CC(=O)C(N)Cc1nc(C)no1. The van der Waals surface area contributed by atoms with Crippen molar-refractivity contribution in [3.63, 3.8) is 0 Å². The van der Waals surface area contributed by atoms with Crippen molar-refractivity contribution in [2.45, 2.75) is 26.3 Å². The Bertz CT molecular complexity index is 282. The first-order valence-electron chi connectivity index (χ1n) is 3.65. The first-order valence-corrected chi connectivity index (χ1v) is 3.65. The number of nitrogens with zero attached hydrogens (tertiary/aromatic N) is 2. The summed E-state index contributed by atoms with van der Waals surface area (Å²) in [4.78, 5) is 14.7. The number of Topliss-reactive ketones (excluding diaryl/α,β-unsaturated/α-hetero) is 1. The number of hydrogen-bond donors (Lipinski definition) is 1. The van der Waals surface area contributed by atoms with Crippen molar-refractivity contribution in [1.29, 1.82) is 0 Å². The van der Waals surface area contributed by atoms with Crippen LogP contribution in [-0.2, 0) is 11.2 Å². The lowest BCUT2D eigenvalue weighted by molar-refractivity contribution is -0.118. The van der Waals surface area contributed by atoms with Crippen LogP contribution in [0.4, 0.5) is 0 Å². The molecule has 1 aromatic rings. The lowest BCUT2D eigenvalue weighted by Crippen LogP contribution is -2.30. The fourth-order valence-electron chi connectivity index (χ4n) is 0.755. The maximum atomic E-state index is 10.7. The molecule has 0 bridgehead atoms. The van der Waals surface area contributed by atoms with Crippen LogP contribution in [0.15, 0.2) is 4.52 Å². The van der Waals surface area contributed by atoms with E-state index in [4.69, 9.17) is 10.3 Å². The van der Waals surface area contributed by atoms with E-state index in [0.717, 1.165) is 0 Å². The zero-order valence-electron chi connectivity index (χ0n) is 7.07. The van der Waals surface area contributed by atoms with Gasteiger partial charge in [-0.2, -0.15) is 4.98 Å². The summed E-state index contributed by atoms with van der Waals surface area (Å²) in [5.74, 6) is 0.891. The second kappa shape index (κ2) is 3.44. The molecule has 0 fully saturated rings. The quantitative estimate of drug-likeness (QED) is 0.679. The second-order valence-corrected chi connectivity index (χ2v) is 2.66. The molecular weight excluding hydrogens is 158 g/mol. The minimum absolute atomic E-state index is 0.0779. The largest absolute Gasteiger partial charge is 0.339 e. The van der Waals surface area contributed by atoms with Crippen LogP contribution in [0.5, 0.6) is 0 Å². The van der Waals surface area contributed by atoms with Gasteiger partial charge in [-0.3, -0.25) is 4.79 Å². The highest BCUT2D eigenvalue weighted by Crippen LogP contribution is 1.99. The predicted molar refractivity (Wildman–Crippen MR) is 41.4 cm³/mol. The van der Waals surface area contributed by atoms with Gasteiger partial charge in [0.05, 0.1) is 6.04 Å². The lowest BCUT2D eigenvalue weighted by Gasteiger charge is -2.01. The molecule has 1 unspecified atom stereocenters. The van der Waals surface area contributed by atoms with Crippen LogP contribution in [0.25, 0.3) is 0 Å². The molecule has 0 saturated carbocycles. The average molecular weight is 169 g/mol. The van der Waals surface area contributed by atoms with E-state index in [1.165, 1.54) is 6.92 Å². The Morgan fingerprint density at radius 2 is 2.42 bits per heavy atom. The summed E-state index contributed by atoms with van der Waals surface area (Å²) < 4.78 is 4.79. The average Bonchev–Trinajstić information content (AvgIpc) is 2.35. The summed E-state index contributed by atoms with van der Waals surface area (Å²) >= 11 is 0. The van der Waals surface area contributed by atoms with E-state index >= 15 is 0 Å². The van der Waals surface area contributed by atoms with E-state index in [9.17, 15) is 4.79 Å². The van der Waals surface area contributed by atoms with Gasteiger partial charge in [0, 0.05) is 6.42 Å². The van der Waals surface area contributed by atoms with Gasteiger partial charge in [-0.25, -0.2) is 0 Å². The molecule has 0 aromatic carbocycles. The maximum Gasteiger partial charge on any atom is 0.228 e. The molecule has 0 saturated heterocycles. The van der Waals surface area contributed by atoms with Gasteiger partial charge in [0.2, 0.25) is 5.89 Å². The van der Waals surface area contributed by atoms with Gasteiger partial charge in [-0.05, 0) is 13.8 Å². The molecule has 1 heterocycles. The van der Waals surface area contributed by atoms with Gasteiger partial charge < -0.3 is 10.3 Å². The fourth-order valence-corrected chi connectivity index (χ4v) is 0.755. The van der Waals surface area contributed by atoms with Gasteiger partial charge in [-0.15, -0.1) is 0 Å². The second-order valence-electron chi connectivity index (χ2n) is 2.66. The Kier molecular flexibility index (Phi) is 2.54. The van der Waals surface area contributed by atoms with Crippen molar-refractivity contribution >= 4 is 5.78 Å². The lowest BCUT2D eigenvalue weighted by atomic mass is 10.1. The van der Waals surface area contributed by atoms with Crippen molar-refractivity contribution in [2.24, 2.45) is 5.73 Å². The highest BCUT2D eigenvalue weighted by Gasteiger charge is 2.12. The highest BCUT2D eigenvalue weighted by atomic mass is 16.5. The molecule has 0 radical (unpaired) electrons. The maximum absolute atomic E-state index is 10.7. The number of nitrogens with two attached hydrogens (primary N) is 1. The van der Waals surface area contributed by atoms with Gasteiger partial charge in [0.1, 0.15) is 5.78 Å². The van der Waals surface area contributed by atoms with Crippen molar-refractivity contribution in [3.8, 4) is 0 Å². The number of hydrogen-bond acceptors (Lipinski definition) is 5. The summed E-state index contributed by atoms with van der Waals surface area (Å²) in [6.07, 6.45) is 0.316. The molecule has 5 nitrogen and oxygen atoms in total. The zero-order valence-corrected chi connectivity index (χ0v) is 7.07. The molecule has 66 valence electrons. The Hall–Kier alpha value is -1.23. The van der Waals surface area contributed by atoms with E-state index in [2.05, 4.69) is 10.1 Å². The van der Waals surface area contributed by atoms with Crippen molar-refractivity contribution in [2.75, 3.05) is 0 Å². The molecule has 0 aliphatic rings. The van der Waals surface area contributed by atoms with E-state index < -0.39 is 6.04 Å². The third-order valence-electron chi connectivity index (χ3n) is 1.49. The number of aryl methyl sites for hydroxylation is 1. The Morgan fingerprint density at radius 1 is 1.75 bits per heavy atom. The van der Waals surface area contributed by atoms with Gasteiger partial charge in [0.25, 0.3) is 0 Å². The van der Waals surface area contributed by atoms with Gasteiger partial charge in [-0.1, -0.05) is 5.16 Å². The zero-order chi connectivity index (χ0) is 9.14. The molecule has 1 atom stereocenters. The standard InChI is InChI=1S/C7H11N3O2/c1-4(11)6(8)3-7-9-5(2)10-12-7/h6H,3,8H2,1-2H3. The fraction of sp³-hybridized carbons (Fsp3) is 0.571. The van der Waals surface area contributed by atoms with E-state index in [1.807, 2.05) is 0 Å². The number of carbonyl (C=O) groups excluding carboxylic acids is 1. The van der Waals surface area contributed by atoms with Crippen LogP contribution >= 0.6 is 0 Å². The first-order chi connectivity index (χ1) is 5.59. The van der Waals surface area contributed by atoms with Crippen molar-refractivity contribution in [3.05, 3.63) is 11.7 Å². The highest BCUT2D eigenvalue weighted by molar-refractivity contribution is 5.81. The topological polar surface area (TPSA) is 82.0 Å². The van der Waals surface area contributed by atoms with Crippen LogP contribution in [0.3, 0.4) is 0 Å². The number of ketones is 1. The van der Waals surface area contributed by atoms with Gasteiger partial charge in [0.15, 0.2) is 5.82 Å². The molecule has 0 amide bonds. The molecule has 0 aliphatic carbocycles. The molecule has 0 spiro atoms. The number of rotatable bonds is 3. The van der Waals surface area contributed by atoms with Crippen LogP contribution < -0.4 is 5.73 Å². The monoisotopic (exact) mass is 169 g/mol. The Labute approximate surface area is 69.9 Å². The van der Waals surface area contributed by atoms with E-state index in [1.54, 1.807) is 6.92 Å². The summed E-state index contributed by atoms with van der Waals surface area (Å²) in [5.41, 5.74) is 5.48. The van der Waals surface area contributed by atoms with E-state index in [-0.39, 0.29) is 5.78 Å². The molecule has 2 N–H and O–H groups in total. The first kappa shape index (κ1) is 8.86. The van der Waals surface area contributed by atoms with Crippen LogP contribution in [0.2, 0.25) is 0 Å². The Morgan fingerprint density at radius 3 is 2.83 bits per heavy atom. The van der Waals surface area contributed by atoms with Crippen molar-refractivity contribution < 1.29 is 9.32 Å². The van der Waals surface area contributed by atoms with Crippen LogP contribution in [0, 0.1) is 6.92 Å². The molecule has 0 aliphatic heterocycles. The number of carbonyl (C=O) groups is 1. The van der Waals surface area contributed by atoms with Crippen LogP contribution in [-0.4, -0.2) is 22.0 Å². The summed E-state index contributed by atoms with van der Waals surface area (Å²) in [6, 6.07) is -0.537. The van der Waals surface area contributed by atoms with Gasteiger partial charge >= 0.3 is 0 Å². The summed E-state index contributed by atoms with van der Waals surface area (Å²) in [5, 5.41) is 3.58. The summed E-state index contributed by atoms with van der Waals surface area (Å²) in [7, 11) is 0. The molecule has 1 rings (SSSR count). The Balaban J connectivity index is 2.58. The van der Waals surface area contributed by atoms with Crippen LogP contribution in [0.1, 0.15) is 18.6 Å². The smallest absolute Gasteiger partial charge is 0.228 e. The normalized spacial score (nSPS) is 12.9. The summed E-state index contributed by atoms with van der Waals surface area (Å²) in [6.45, 7) is 3.15. The minimum atomic E-state index is -0.537. The minimum Gasteiger partial charge on any atom is -0.339 e.